The van der Waals surface area contributed by atoms with Crippen molar-refractivity contribution in [3.8, 4) is 11.1 Å². The zero-order valence-corrected chi connectivity index (χ0v) is 10.0. The van der Waals surface area contributed by atoms with Gasteiger partial charge in [0, 0.05) is 5.69 Å². The Hall–Kier alpha value is -2.37. The number of carbonyl (C=O) groups is 1. The van der Waals surface area contributed by atoms with Gasteiger partial charge in [0.15, 0.2) is 0 Å². The minimum atomic E-state index is -4.71. The predicted octanol–water partition coefficient (Wildman–Crippen LogP) is 4.08. The molecule has 2 aromatic rings. The number of halogens is 4. The Kier molecular flexibility index (Phi) is 3.74. The number of alkyl halides is 3. The number of anilines is 1. The summed E-state index contributed by atoms with van der Waals surface area (Å²) in [6.45, 7) is 0. The summed E-state index contributed by atoms with van der Waals surface area (Å²) in [6, 6.07) is 9.04. The number of nitrogens with one attached hydrogen (secondary N) is 1. The highest BCUT2D eigenvalue weighted by atomic mass is 19.4. The molecule has 0 aromatic heterocycles. The number of amides is 1. The van der Waals surface area contributed by atoms with Gasteiger partial charge in [-0.1, -0.05) is 18.2 Å². The van der Waals surface area contributed by atoms with Gasteiger partial charge >= 0.3 is 6.18 Å². The van der Waals surface area contributed by atoms with Gasteiger partial charge in [0.05, 0.1) is 5.56 Å². The first-order valence-corrected chi connectivity index (χ1v) is 5.59. The van der Waals surface area contributed by atoms with E-state index in [1.54, 1.807) is 24.3 Å². The second-order valence-electron chi connectivity index (χ2n) is 4.03. The van der Waals surface area contributed by atoms with E-state index in [1.165, 1.54) is 6.07 Å². The molecule has 20 heavy (non-hydrogen) atoms. The molecule has 0 unspecified atom stereocenters. The van der Waals surface area contributed by atoms with Crippen molar-refractivity contribution in [2.45, 2.75) is 6.18 Å². The van der Waals surface area contributed by atoms with Crippen molar-refractivity contribution < 1.29 is 22.4 Å². The number of rotatable bonds is 3. The zero-order chi connectivity index (χ0) is 14.8. The van der Waals surface area contributed by atoms with Crippen LogP contribution in [0.1, 0.15) is 5.56 Å². The van der Waals surface area contributed by atoms with Crippen molar-refractivity contribution in [1.82, 2.24) is 0 Å². The second kappa shape index (κ2) is 5.32. The molecule has 104 valence electrons. The SMILES string of the molecule is O=CNc1ccc(-c2ccc(C(F)(F)F)c(F)c2)cc1. The maximum Gasteiger partial charge on any atom is 0.419 e. The van der Waals surface area contributed by atoms with Gasteiger partial charge in [0.25, 0.3) is 0 Å². The monoisotopic (exact) mass is 283 g/mol. The Balaban J connectivity index is 2.34. The lowest BCUT2D eigenvalue weighted by atomic mass is 10.0. The lowest BCUT2D eigenvalue weighted by Gasteiger charge is -2.10. The average Bonchev–Trinajstić information content (AvgIpc) is 2.38. The van der Waals surface area contributed by atoms with Crippen LogP contribution in [0.15, 0.2) is 42.5 Å². The van der Waals surface area contributed by atoms with Crippen LogP contribution in [0, 0.1) is 5.82 Å². The van der Waals surface area contributed by atoms with Crippen molar-refractivity contribution in [2.24, 2.45) is 0 Å². The molecule has 0 atom stereocenters. The maximum atomic E-state index is 13.5. The Morgan fingerprint density at radius 3 is 2.05 bits per heavy atom. The number of carbonyl (C=O) groups excluding carboxylic acids is 1. The molecule has 1 N–H and O–H groups in total. The summed E-state index contributed by atoms with van der Waals surface area (Å²) in [5.41, 5.74) is 0.124. The molecule has 0 aliphatic heterocycles. The second-order valence-corrected chi connectivity index (χ2v) is 4.03. The first-order chi connectivity index (χ1) is 9.41. The van der Waals surface area contributed by atoms with Crippen molar-refractivity contribution in [1.29, 1.82) is 0 Å². The molecule has 1 amide bonds. The van der Waals surface area contributed by atoms with Crippen molar-refractivity contribution in [2.75, 3.05) is 5.32 Å². The van der Waals surface area contributed by atoms with Gasteiger partial charge in [-0.05, 0) is 35.4 Å². The van der Waals surface area contributed by atoms with E-state index in [2.05, 4.69) is 5.32 Å². The molecule has 0 aliphatic carbocycles. The highest BCUT2D eigenvalue weighted by molar-refractivity contribution is 5.73. The van der Waals surface area contributed by atoms with Crippen LogP contribution in [0.5, 0.6) is 0 Å². The zero-order valence-electron chi connectivity index (χ0n) is 10.0. The summed E-state index contributed by atoms with van der Waals surface area (Å²) in [7, 11) is 0. The molecule has 0 radical (unpaired) electrons. The fraction of sp³-hybridized carbons (Fsp3) is 0.0714. The molecule has 2 rings (SSSR count). The van der Waals surface area contributed by atoms with Gasteiger partial charge in [0.2, 0.25) is 6.41 Å². The van der Waals surface area contributed by atoms with Gasteiger partial charge in [-0.3, -0.25) is 4.79 Å². The van der Waals surface area contributed by atoms with E-state index in [1.807, 2.05) is 0 Å². The minimum Gasteiger partial charge on any atom is -0.329 e. The van der Waals surface area contributed by atoms with Crippen molar-refractivity contribution in [3.05, 3.63) is 53.8 Å². The lowest BCUT2D eigenvalue weighted by molar-refractivity contribution is -0.140. The number of benzene rings is 2. The molecule has 0 fully saturated rings. The largest absolute Gasteiger partial charge is 0.419 e. The summed E-state index contributed by atoms with van der Waals surface area (Å²) < 4.78 is 50.8. The normalized spacial score (nSPS) is 11.2. The van der Waals surface area contributed by atoms with Gasteiger partial charge in [-0.25, -0.2) is 4.39 Å². The van der Waals surface area contributed by atoms with Gasteiger partial charge in [-0.2, -0.15) is 13.2 Å². The van der Waals surface area contributed by atoms with Crippen LogP contribution in [-0.4, -0.2) is 6.41 Å². The Labute approximate surface area is 112 Å². The third-order valence-electron chi connectivity index (χ3n) is 2.72. The predicted molar refractivity (Wildman–Crippen MR) is 66.5 cm³/mol. The first-order valence-electron chi connectivity index (χ1n) is 5.59. The third kappa shape index (κ3) is 2.96. The van der Waals surface area contributed by atoms with Crippen LogP contribution in [-0.2, 0) is 11.0 Å². The molecule has 0 spiro atoms. The van der Waals surface area contributed by atoms with Crippen LogP contribution in [0.25, 0.3) is 11.1 Å². The third-order valence-corrected chi connectivity index (χ3v) is 2.72. The minimum absolute atomic E-state index is 0.327. The van der Waals surface area contributed by atoms with Crippen LogP contribution >= 0.6 is 0 Å². The van der Waals surface area contributed by atoms with E-state index in [9.17, 15) is 22.4 Å². The Bertz CT molecular complexity index is 620. The molecule has 2 nitrogen and oxygen atoms in total. The molecular weight excluding hydrogens is 274 g/mol. The molecular formula is C14H9F4NO. The lowest BCUT2D eigenvalue weighted by Crippen LogP contribution is -2.07. The average molecular weight is 283 g/mol. The summed E-state index contributed by atoms with van der Waals surface area (Å²) >= 11 is 0. The molecule has 6 heteroatoms. The quantitative estimate of drug-likeness (QED) is 0.667. The summed E-state index contributed by atoms with van der Waals surface area (Å²) in [4.78, 5) is 10.2. The Morgan fingerprint density at radius 2 is 1.55 bits per heavy atom. The van der Waals surface area contributed by atoms with E-state index in [0.29, 0.717) is 29.3 Å². The summed E-state index contributed by atoms with van der Waals surface area (Å²) in [5, 5.41) is 2.42. The van der Waals surface area contributed by atoms with E-state index in [4.69, 9.17) is 0 Å². The van der Waals surface area contributed by atoms with Crippen molar-refractivity contribution in [3.63, 3.8) is 0 Å². The first kappa shape index (κ1) is 14.0. The van der Waals surface area contributed by atoms with Gasteiger partial charge in [-0.15, -0.1) is 0 Å². The van der Waals surface area contributed by atoms with Crippen LogP contribution in [0.3, 0.4) is 0 Å². The summed E-state index contributed by atoms with van der Waals surface area (Å²) in [5.74, 6) is -1.31. The van der Waals surface area contributed by atoms with Crippen LogP contribution in [0.2, 0.25) is 0 Å². The standard InChI is InChI=1S/C14H9F4NO/c15-13-7-10(3-6-12(13)14(16,17)18)9-1-4-11(5-2-9)19-8-20/h1-8H,(H,19,20). The highest BCUT2D eigenvalue weighted by Gasteiger charge is 2.33. The van der Waals surface area contributed by atoms with Gasteiger partial charge in [0.1, 0.15) is 5.82 Å². The molecule has 0 heterocycles. The van der Waals surface area contributed by atoms with Crippen LogP contribution < -0.4 is 5.32 Å². The maximum absolute atomic E-state index is 13.5. The van der Waals surface area contributed by atoms with E-state index in [0.717, 1.165) is 6.07 Å². The van der Waals surface area contributed by atoms with Crippen molar-refractivity contribution >= 4 is 12.1 Å². The van der Waals surface area contributed by atoms with Crippen LogP contribution in [0.4, 0.5) is 23.2 Å². The fourth-order valence-corrected chi connectivity index (χ4v) is 1.75. The number of hydrogen-bond donors (Lipinski definition) is 1. The topological polar surface area (TPSA) is 29.1 Å². The van der Waals surface area contributed by atoms with Gasteiger partial charge < -0.3 is 5.32 Å². The molecule has 0 saturated heterocycles. The van der Waals surface area contributed by atoms with E-state index >= 15 is 0 Å². The fourth-order valence-electron chi connectivity index (χ4n) is 1.75. The molecule has 0 bridgehead atoms. The summed E-state index contributed by atoms with van der Waals surface area (Å²) in [6.07, 6.45) is -4.20. The molecule has 0 aliphatic rings. The Morgan fingerprint density at radius 1 is 0.950 bits per heavy atom. The van der Waals surface area contributed by atoms with E-state index < -0.39 is 17.6 Å². The van der Waals surface area contributed by atoms with E-state index in [-0.39, 0.29) is 0 Å². The highest BCUT2D eigenvalue weighted by Crippen LogP contribution is 2.33. The molecule has 0 saturated carbocycles. The number of hydrogen-bond acceptors (Lipinski definition) is 1. The smallest absolute Gasteiger partial charge is 0.329 e. The molecule has 2 aromatic carbocycles.